The first-order valence-corrected chi connectivity index (χ1v) is 7.97. The third-order valence-electron chi connectivity index (χ3n) is 2.52. The van der Waals surface area contributed by atoms with Crippen molar-refractivity contribution in [3.8, 4) is 0 Å². The number of halogens is 2. The quantitative estimate of drug-likeness (QED) is 0.572. The van der Waals surface area contributed by atoms with Crippen LogP contribution in [0.4, 0.5) is 10.1 Å². The number of nitrogens with zero attached hydrogens (tertiary/aromatic N) is 1. The van der Waals surface area contributed by atoms with E-state index in [1.54, 1.807) is 6.92 Å². The molecular weight excluding hydrogens is 277 g/mol. The Hall–Kier alpha value is -0.810. The second-order valence-corrected chi connectivity index (χ2v) is 6.24. The van der Waals surface area contributed by atoms with Gasteiger partial charge in [0.2, 0.25) is 10.0 Å². The number of hydrogen-bond donors (Lipinski definition) is 0. The van der Waals surface area contributed by atoms with Gasteiger partial charge in [0, 0.05) is 12.4 Å². The third kappa shape index (κ3) is 4.14. The van der Waals surface area contributed by atoms with Crippen molar-refractivity contribution in [2.24, 2.45) is 0 Å². The topological polar surface area (TPSA) is 37.4 Å². The van der Waals surface area contributed by atoms with Crippen LogP contribution in [0.5, 0.6) is 0 Å². The predicted octanol–water partition coefficient (Wildman–Crippen LogP) is 3.00. The van der Waals surface area contributed by atoms with Crippen LogP contribution in [-0.2, 0) is 10.0 Å². The highest BCUT2D eigenvalue weighted by Gasteiger charge is 2.20. The van der Waals surface area contributed by atoms with Crippen molar-refractivity contribution in [1.82, 2.24) is 0 Å². The molecule has 0 atom stereocenters. The van der Waals surface area contributed by atoms with Crippen molar-refractivity contribution >= 4 is 27.3 Å². The van der Waals surface area contributed by atoms with E-state index in [0.29, 0.717) is 31.0 Å². The van der Waals surface area contributed by atoms with Crippen LogP contribution in [0.3, 0.4) is 0 Å². The first kappa shape index (κ1) is 15.2. The van der Waals surface area contributed by atoms with Crippen molar-refractivity contribution in [2.45, 2.75) is 19.8 Å². The number of alkyl halides is 1. The molecule has 1 aromatic carbocycles. The Kier molecular flexibility index (Phi) is 5.88. The molecule has 0 bridgehead atoms. The zero-order chi connectivity index (χ0) is 13.6. The number of unbranched alkanes of at least 4 members (excludes halogenated alkanes) is 1. The summed E-state index contributed by atoms with van der Waals surface area (Å²) in [6, 6.07) is 5.45. The van der Waals surface area contributed by atoms with E-state index < -0.39 is 10.0 Å². The van der Waals surface area contributed by atoms with Gasteiger partial charge in [0.1, 0.15) is 5.82 Å². The molecule has 0 spiro atoms. The maximum absolute atomic E-state index is 12.8. The van der Waals surface area contributed by atoms with Crippen molar-refractivity contribution in [2.75, 3.05) is 22.5 Å². The molecule has 3 nitrogen and oxygen atoms in total. The van der Waals surface area contributed by atoms with Gasteiger partial charge in [0.05, 0.1) is 11.4 Å². The van der Waals surface area contributed by atoms with E-state index in [-0.39, 0.29) is 11.6 Å². The highest BCUT2D eigenvalue weighted by atomic mass is 35.5. The highest BCUT2D eigenvalue weighted by Crippen LogP contribution is 2.19. The standard InChI is InChI=1S/C12H17ClFNO2S/c1-2-15(12-7-5-11(14)6-8-12)18(16,17)10-4-3-9-13/h5-8H,2-4,9-10H2,1H3. The van der Waals surface area contributed by atoms with Crippen LogP contribution in [0, 0.1) is 5.82 Å². The Morgan fingerprint density at radius 3 is 2.33 bits per heavy atom. The van der Waals surface area contributed by atoms with E-state index in [1.807, 2.05) is 0 Å². The average Bonchev–Trinajstić information content (AvgIpc) is 2.32. The Morgan fingerprint density at radius 1 is 1.22 bits per heavy atom. The van der Waals surface area contributed by atoms with Crippen LogP contribution in [0.25, 0.3) is 0 Å². The summed E-state index contributed by atoms with van der Waals surface area (Å²) in [6.07, 6.45) is 1.20. The lowest BCUT2D eigenvalue weighted by Crippen LogP contribution is -2.32. The zero-order valence-electron chi connectivity index (χ0n) is 10.3. The molecule has 1 rings (SSSR count). The van der Waals surface area contributed by atoms with Crippen LogP contribution >= 0.6 is 11.6 Å². The van der Waals surface area contributed by atoms with Gasteiger partial charge < -0.3 is 0 Å². The normalized spacial score (nSPS) is 11.5. The Bertz CT molecular complexity index is 461. The predicted molar refractivity (Wildman–Crippen MR) is 73.2 cm³/mol. The van der Waals surface area contributed by atoms with Crippen LogP contribution in [0.1, 0.15) is 19.8 Å². The molecule has 6 heteroatoms. The number of sulfonamides is 1. The molecule has 0 aliphatic rings. The summed E-state index contributed by atoms with van der Waals surface area (Å²) in [6.45, 7) is 2.08. The number of rotatable bonds is 7. The van der Waals surface area contributed by atoms with E-state index in [0.717, 1.165) is 0 Å². The van der Waals surface area contributed by atoms with Gasteiger partial charge in [-0.25, -0.2) is 12.8 Å². The monoisotopic (exact) mass is 293 g/mol. The lowest BCUT2D eigenvalue weighted by atomic mass is 10.3. The van der Waals surface area contributed by atoms with E-state index in [9.17, 15) is 12.8 Å². The lowest BCUT2D eigenvalue weighted by Gasteiger charge is -2.22. The molecule has 0 aliphatic heterocycles. The minimum absolute atomic E-state index is 0.0605. The SMILES string of the molecule is CCN(c1ccc(F)cc1)S(=O)(=O)CCCCCl. The number of hydrogen-bond acceptors (Lipinski definition) is 2. The smallest absolute Gasteiger partial charge is 0.235 e. The van der Waals surface area contributed by atoms with Gasteiger partial charge in [-0.3, -0.25) is 4.31 Å². The van der Waals surface area contributed by atoms with Crippen molar-refractivity contribution in [3.63, 3.8) is 0 Å². The maximum atomic E-state index is 12.8. The Morgan fingerprint density at radius 2 is 1.83 bits per heavy atom. The summed E-state index contributed by atoms with van der Waals surface area (Å²) in [7, 11) is -3.36. The van der Waals surface area contributed by atoms with Crippen LogP contribution < -0.4 is 4.31 Å². The number of benzene rings is 1. The van der Waals surface area contributed by atoms with Crippen LogP contribution in [0.15, 0.2) is 24.3 Å². The summed E-state index contributed by atoms with van der Waals surface area (Å²) in [5.74, 6) is 0.137. The van der Waals surface area contributed by atoms with Crippen molar-refractivity contribution in [1.29, 1.82) is 0 Å². The molecule has 0 aromatic heterocycles. The molecule has 0 heterocycles. The average molecular weight is 294 g/mol. The molecule has 0 aliphatic carbocycles. The largest absolute Gasteiger partial charge is 0.271 e. The van der Waals surface area contributed by atoms with E-state index in [4.69, 9.17) is 11.6 Å². The van der Waals surface area contributed by atoms with Gasteiger partial charge in [0.25, 0.3) is 0 Å². The van der Waals surface area contributed by atoms with E-state index in [2.05, 4.69) is 0 Å². The zero-order valence-corrected chi connectivity index (χ0v) is 11.8. The molecule has 0 saturated carbocycles. The van der Waals surface area contributed by atoms with Crippen LogP contribution in [-0.4, -0.2) is 26.6 Å². The van der Waals surface area contributed by atoms with Crippen molar-refractivity contribution < 1.29 is 12.8 Å². The van der Waals surface area contributed by atoms with Gasteiger partial charge in [-0.1, -0.05) is 0 Å². The second kappa shape index (κ2) is 6.95. The summed E-state index contributed by atoms with van der Waals surface area (Å²) in [5.41, 5.74) is 0.491. The van der Waals surface area contributed by atoms with E-state index >= 15 is 0 Å². The second-order valence-electron chi connectivity index (χ2n) is 3.85. The van der Waals surface area contributed by atoms with Gasteiger partial charge in [-0.2, -0.15) is 0 Å². The molecule has 0 saturated heterocycles. The summed E-state index contributed by atoms with van der Waals surface area (Å²) in [5, 5.41) is 0. The highest BCUT2D eigenvalue weighted by molar-refractivity contribution is 7.92. The minimum Gasteiger partial charge on any atom is -0.271 e. The molecule has 0 radical (unpaired) electrons. The van der Waals surface area contributed by atoms with Gasteiger partial charge in [0.15, 0.2) is 0 Å². The fourth-order valence-electron chi connectivity index (χ4n) is 1.64. The van der Waals surface area contributed by atoms with Gasteiger partial charge >= 0.3 is 0 Å². The first-order valence-electron chi connectivity index (χ1n) is 5.83. The van der Waals surface area contributed by atoms with Gasteiger partial charge in [-0.05, 0) is 44.0 Å². The summed E-state index contributed by atoms with van der Waals surface area (Å²) < 4.78 is 38.3. The lowest BCUT2D eigenvalue weighted by molar-refractivity contribution is 0.588. The molecule has 1 aromatic rings. The Labute approximate surface area is 113 Å². The Balaban J connectivity index is 2.85. The fraction of sp³-hybridized carbons (Fsp3) is 0.500. The molecule has 0 amide bonds. The van der Waals surface area contributed by atoms with Crippen LogP contribution in [0.2, 0.25) is 0 Å². The fourth-order valence-corrected chi connectivity index (χ4v) is 3.45. The minimum atomic E-state index is -3.36. The van der Waals surface area contributed by atoms with E-state index in [1.165, 1.54) is 28.6 Å². The molecule has 0 N–H and O–H groups in total. The summed E-state index contributed by atoms with van der Waals surface area (Å²) >= 11 is 5.53. The molecule has 0 fully saturated rings. The maximum Gasteiger partial charge on any atom is 0.235 e. The van der Waals surface area contributed by atoms with Crippen molar-refractivity contribution in [3.05, 3.63) is 30.1 Å². The summed E-state index contributed by atoms with van der Waals surface area (Å²) in [4.78, 5) is 0. The molecule has 18 heavy (non-hydrogen) atoms. The molecule has 0 unspecified atom stereocenters. The number of anilines is 1. The molecular formula is C12H17ClFNO2S. The molecule has 102 valence electrons. The third-order valence-corrected chi connectivity index (χ3v) is 4.74. The van der Waals surface area contributed by atoms with Gasteiger partial charge in [-0.15, -0.1) is 11.6 Å². The first-order chi connectivity index (χ1) is 8.51.